The van der Waals surface area contributed by atoms with E-state index in [1.54, 1.807) is 17.1 Å². The van der Waals surface area contributed by atoms with Gasteiger partial charge in [0.05, 0.1) is 24.5 Å². The van der Waals surface area contributed by atoms with Crippen LogP contribution in [0.3, 0.4) is 0 Å². The van der Waals surface area contributed by atoms with Gasteiger partial charge in [0, 0.05) is 18.9 Å². The van der Waals surface area contributed by atoms with E-state index in [4.69, 9.17) is 4.74 Å². The van der Waals surface area contributed by atoms with Gasteiger partial charge in [-0.15, -0.1) is 5.11 Å². The Morgan fingerprint density at radius 3 is 3.10 bits per heavy atom. The van der Waals surface area contributed by atoms with Crippen LogP contribution in [0.25, 0.3) is 0 Å². The molecule has 0 saturated carbocycles. The van der Waals surface area contributed by atoms with Crippen LogP contribution in [0, 0.1) is 0 Å². The highest BCUT2D eigenvalue weighted by Crippen LogP contribution is 2.19. The van der Waals surface area contributed by atoms with E-state index in [9.17, 15) is 9.59 Å². The lowest BCUT2D eigenvalue weighted by Crippen LogP contribution is -2.25. The van der Waals surface area contributed by atoms with Gasteiger partial charge in [0.25, 0.3) is 11.8 Å². The zero-order valence-electron chi connectivity index (χ0n) is 10.6. The van der Waals surface area contributed by atoms with E-state index in [1.807, 2.05) is 0 Å². The Labute approximate surface area is 114 Å². The number of azo groups is 1. The van der Waals surface area contributed by atoms with Crippen LogP contribution in [0.2, 0.25) is 0 Å². The van der Waals surface area contributed by atoms with Crippen molar-refractivity contribution in [3.63, 3.8) is 0 Å². The Morgan fingerprint density at radius 2 is 2.40 bits per heavy atom. The van der Waals surface area contributed by atoms with Gasteiger partial charge in [-0.2, -0.15) is 10.2 Å². The SMILES string of the molecule is O=C1C=CC(C(=O)Nc2cnn(C3CCOC3)c2)N=N1. The second-order valence-corrected chi connectivity index (χ2v) is 4.57. The smallest absolute Gasteiger partial charge is 0.287 e. The summed E-state index contributed by atoms with van der Waals surface area (Å²) in [6.45, 7) is 1.37. The molecule has 3 heterocycles. The van der Waals surface area contributed by atoms with Crippen molar-refractivity contribution in [2.75, 3.05) is 18.5 Å². The zero-order chi connectivity index (χ0) is 13.9. The van der Waals surface area contributed by atoms with E-state index in [1.165, 1.54) is 12.2 Å². The molecule has 0 spiro atoms. The molecule has 20 heavy (non-hydrogen) atoms. The number of rotatable bonds is 3. The molecular formula is C12H13N5O3. The van der Waals surface area contributed by atoms with Gasteiger partial charge in [0.2, 0.25) is 0 Å². The molecule has 104 valence electrons. The highest BCUT2D eigenvalue weighted by molar-refractivity contribution is 5.98. The number of carbonyl (C=O) groups is 2. The van der Waals surface area contributed by atoms with Crippen LogP contribution in [0.5, 0.6) is 0 Å². The topological polar surface area (TPSA) is 97.9 Å². The summed E-state index contributed by atoms with van der Waals surface area (Å²) in [5.41, 5.74) is 0.586. The van der Waals surface area contributed by atoms with Crippen LogP contribution in [-0.2, 0) is 14.3 Å². The second kappa shape index (κ2) is 5.33. The molecule has 0 aliphatic carbocycles. The summed E-state index contributed by atoms with van der Waals surface area (Å²) in [5.74, 6) is -0.803. The third-order valence-corrected chi connectivity index (χ3v) is 3.12. The fourth-order valence-corrected chi connectivity index (χ4v) is 2.05. The van der Waals surface area contributed by atoms with Gasteiger partial charge in [-0.25, -0.2) is 0 Å². The van der Waals surface area contributed by atoms with Gasteiger partial charge in [-0.05, 0) is 12.5 Å². The lowest BCUT2D eigenvalue weighted by atomic mass is 10.2. The first-order valence-electron chi connectivity index (χ1n) is 6.28. The molecule has 2 atom stereocenters. The van der Waals surface area contributed by atoms with E-state index in [2.05, 4.69) is 20.6 Å². The summed E-state index contributed by atoms with van der Waals surface area (Å²) >= 11 is 0. The van der Waals surface area contributed by atoms with Gasteiger partial charge >= 0.3 is 0 Å². The molecule has 2 aliphatic rings. The molecule has 1 fully saturated rings. The van der Waals surface area contributed by atoms with Gasteiger partial charge in [0.15, 0.2) is 6.04 Å². The molecule has 1 aromatic rings. The standard InChI is InChI=1S/C12H13N5O3/c18-11-2-1-10(15-16-11)12(19)14-8-5-13-17(6-8)9-3-4-20-7-9/h1-2,5-6,9-10H,3-4,7H2,(H,14,19). The highest BCUT2D eigenvalue weighted by atomic mass is 16.5. The van der Waals surface area contributed by atoms with Gasteiger partial charge in [-0.1, -0.05) is 0 Å². The summed E-state index contributed by atoms with van der Waals surface area (Å²) in [4.78, 5) is 22.8. The molecule has 8 nitrogen and oxygen atoms in total. The fraction of sp³-hybridized carbons (Fsp3) is 0.417. The van der Waals surface area contributed by atoms with E-state index < -0.39 is 11.9 Å². The number of hydrogen-bond donors (Lipinski definition) is 1. The van der Waals surface area contributed by atoms with Crippen LogP contribution in [0.4, 0.5) is 5.69 Å². The minimum Gasteiger partial charge on any atom is -0.379 e. The van der Waals surface area contributed by atoms with Crippen molar-refractivity contribution >= 4 is 17.5 Å². The number of amides is 2. The molecular weight excluding hydrogens is 262 g/mol. The summed E-state index contributed by atoms with van der Waals surface area (Å²) < 4.78 is 7.07. The fourth-order valence-electron chi connectivity index (χ4n) is 2.05. The maximum absolute atomic E-state index is 11.9. The molecule has 8 heteroatoms. The minimum absolute atomic E-state index is 0.215. The Kier molecular flexibility index (Phi) is 3.38. The first kappa shape index (κ1) is 12.7. The van der Waals surface area contributed by atoms with Crippen molar-refractivity contribution in [2.24, 2.45) is 10.2 Å². The van der Waals surface area contributed by atoms with Crippen LogP contribution in [-0.4, -0.2) is 40.9 Å². The normalized spacial score (nSPS) is 25.1. The molecule has 2 unspecified atom stereocenters. The number of aromatic nitrogens is 2. The monoisotopic (exact) mass is 275 g/mol. The van der Waals surface area contributed by atoms with Crippen LogP contribution >= 0.6 is 0 Å². The number of carbonyl (C=O) groups excluding carboxylic acids is 2. The summed E-state index contributed by atoms with van der Waals surface area (Å²) in [6, 6.07) is -0.557. The van der Waals surface area contributed by atoms with E-state index in [-0.39, 0.29) is 11.9 Å². The van der Waals surface area contributed by atoms with Crippen molar-refractivity contribution in [1.82, 2.24) is 9.78 Å². The molecule has 0 radical (unpaired) electrons. The molecule has 1 aromatic heterocycles. The maximum atomic E-state index is 11.9. The molecule has 1 saturated heterocycles. The Morgan fingerprint density at radius 1 is 1.50 bits per heavy atom. The summed E-state index contributed by atoms with van der Waals surface area (Å²) in [6.07, 6.45) is 6.89. The Hall–Kier alpha value is -2.35. The van der Waals surface area contributed by atoms with Crippen molar-refractivity contribution in [3.05, 3.63) is 24.5 Å². The lowest BCUT2D eigenvalue weighted by Gasteiger charge is -2.09. The third-order valence-electron chi connectivity index (χ3n) is 3.12. The van der Waals surface area contributed by atoms with Crippen molar-refractivity contribution in [2.45, 2.75) is 18.5 Å². The van der Waals surface area contributed by atoms with Crippen molar-refractivity contribution in [1.29, 1.82) is 0 Å². The van der Waals surface area contributed by atoms with Gasteiger partial charge < -0.3 is 10.1 Å². The molecule has 2 amide bonds. The predicted molar refractivity (Wildman–Crippen MR) is 68.1 cm³/mol. The first-order chi connectivity index (χ1) is 9.72. The molecule has 3 rings (SSSR count). The quantitative estimate of drug-likeness (QED) is 0.877. The van der Waals surface area contributed by atoms with Crippen LogP contribution in [0.1, 0.15) is 12.5 Å². The lowest BCUT2D eigenvalue weighted by molar-refractivity contribution is -0.117. The zero-order valence-corrected chi connectivity index (χ0v) is 10.6. The maximum Gasteiger partial charge on any atom is 0.287 e. The van der Waals surface area contributed by atoms with E-state index in [0.29, 0.717) is 12.3 Å². The Balaban J connectivity index is 1.63. The minimum atomic E-state index is -0.772. The largest absolute Gasteiger partial charge is 0.379 e. The van der Waals surface area contributed by atoms with Crippen LogP contribution in [0.15, 0.2) is 34.8 Å². The highest BCUT2D eigenvalue weighted by Gasteiger charge is 2.21. The predicted octanol–water partition coefficient (Wildman–Crippen LogP) is 0.700. The second-order valence-electron chi connectivity index (χ2n) is 4.57. The van der Waals surface area contributed by atoms with E-state index >= 15 is 0 Å². The number of anilines is 1. The molecule has 0 bridgehead atoms. The van der Waals surface area contributed by atoms with Crippen molar-refractivity contribution < 1.29 is 14.3 Å². The van der Waals surface area contributed by atoms with Gasteiger partial charge in [0.1, 0.15) is 0 Å². The average molecular weight is 275 g/mol. The molecule has 2 aliphatic heterocycles. The first-order valence-corrected chi connectivity index (χ1v) is 6.28. The average Bonchev–Trinajstić information content (AvgIpc) is 3.09. The van der Waals surface area contributed by atoms with E-state index in [0.717, 1.165) is 13.0 Å². The summed E-state index contributed by atoms with van der Waals surface area (Å²) in [5, 5.41) is 13.9. The number of hydrogen-bond acceptors (Lipinski definition) is 5. The van der Waals surface area contributed by atoms with Crippen LogP contribution < -0.4 is 5.32 Å². The Bertz CT molecular complexity index is 570. The molecule has 0 aromatic carbocycles. The van der Waals surface area contributed by atoms with Gasteiger partial charge in [-0.3, -0.25) is 14.3 Å². The van der Waals surface area contributed by atoms with Crippen molar-refractivity contribution in [3.8, 4) is 0 Å². The number of nitrogens with one attached hydrogen (secondary N) is 1. The number of nitrogens with zero attached hydrogens (tertiary/aromatic N) is 4. The third kappa shape index (κ3) is 2.64. The number of ether oxygens (including phenoxy) is 1. The summed E-state index contributed by atoms with van der Waals surface area (Å²) in [7, 11) is 0. The molecule has 1 N–H and O–H groups in total.